The first-order valence-electron chi connectivity index (χ1n) is 10.0. The number of carbonyl (C=O) groups excluding carboxylic acids is 1. The SMILES string of the molecule is CCN1C[C@H](COCC2CC2)[C@]2(CCN(C(=O)N(C)C)C2)C1.O=C(O)C(F)(F)F. The van der Waals surface area contributed by atoms with Crippen LogP contribution < -0.4 is 0 Å². The number of aliphatic carboxylic acids is 1. The van der Waals surface area contributed by atoms with E-state index in [2.05, 4.69) is 11.8 Å². The Morgan fingerprint density at radius 2 is 1.83 bits per heavy atom. The molecule has 29 heavy (non-hydrogen) atoms. The van der Waals surface area contributed by atoms with Gasteiger partial charge in [0.25, 0.3) is 0 Å². The number of rotatable bonds is 5. The van der Waals surface area contributed by atoms with Crippen LogP contribution in [0, 0.1) is 17.3 Å². The first-order valence-corrected chi connectivity index (χ1v) is 10.0. The summed E-state index contributed by atoms with van der Waals surface area (Å²) in [6, 6.07) is 0.157. The zero-order valence-corrected chi connectivity index (χ0v) is 17.4. The van der Waals surface area contributed by atoms with Crippen molar-refractivity contribution in [1.29, 1.82) is 0 Å². The molecule has 2 saturated heterocycles. The average Bonchev–Trinajstić information content (AvgIpc) is 3.26. The molecular formula is C19H32F3N3O4. The Morgan fingerprint density at radius 3 is 2.31 bits per heavy atom. The Labute approximate surface area is 169 Å². The third kappa shape index (κ3) is 6.47. The molecular weight excluding hydrogens is 391 g/mol. The number of urea groups is 1. The number of hydrogen-bond donors (Lipinski definition) is 1. The Hall–Kier alpha value is -1.55. The lowest BCUT2D eigenvalue weighted by atomic mass is 9.77. The normalized spacial score (nSPS) is 27.1. The fourth-order valence-corrected chi connectivity index (χ4v) is 4.08. The molecule has 0 bridgehead atoms. The highest BCUT2D eigenvalue weighted by atomic mass is 19.4. The van der Waals surface area contributed by atoms with Gasteiger partial charge in [0.2, 0.25) is 0 Å². The van der Waals surface area contributed by atoms with E-state index in [0.29, 0.717) is 5.92 Å². The molecule has 10 heteroatoms. The molecule has 1 spiro atoms. The smallest absolute Gasteiger partial charge is 0.475 e. The van der Waals surface area contributed by atoms with Gasteiger partial charge < -0.3 is 24.5 Å². The van der Waals surface area contributed by atoms with Crippen molar-refractivity contribution in [3.63, 3.8) is 0 Å². The van der Waals surface area contributed by atoms with Crippen LogP contribution in [0.2, 0.25) is 0 Å². The van der Waals surface area contributed by atoms with Crippen LogP contribution in [0.15, 0.2) is 0 Å². The second kappa shape index (κ2) is 9.51. The van der Waals surface area contributed by atoms with Gasteiger partial charge in [0.05, 0.1) is 6.61 Å². The monoisotopic (exact) mass is 423 g/mol. The standard InChI is InChI=1S/C17H31N3O2.C2HF3O2/c1-4-19-9-15(11-22-10-14-5-6-14)17(12-19)7-8-20(13-17)16(21)18(2)3;3-2(4,5)1(6)7/h14-15H,4-13H2,1-3H3;(H,6,7)/t15-,17-;/m1./s1. The lowest BCUT2D eigenvalue weighted by molar-refractivity contribution is -0.192. The summed E-state index contributed by atoms with van der Waals surface area (Å²) in [5.74, 6) is -1.35. The number of amides is 2. The molecule has 2 atom stereocenters. The lowest BCUT2D eigenvalue weighted by Crippen LogP contribution is -2.41. The van der Waals surface area contributed by atoms with Crippen LogP contribution in [0.3, 0.4) is 0 Å². The number of alkyl halides is 3. The van der Waals surface area contributed by atoms with Crippen LogP contribution in [-0.2, 0) is 9.53 Å². The Morgan fingerprint density at radius 1 is 1.21 bits per heavy atom. The van der Waals surface area contributed by atoms with Gasteiger partial charge in [-0.25, -0.2) is 9.59 Å². The molecule has 3 aliphatic rings. The third-order valence-electron chi connectivity index (χ3n) is 5.98. The number of halogens is 3. The van der Waals surface area contributed by atoms with Crippen molar-refractivity contribution in [3.05, 3.63) is 0 Å². The molecule has 0 unspecified atom stereocenters. The minimum atomic E-state index is -5.08. The molecule has 1 saturated carbocycles. The lowest BCUT2D eigenvalue weighted by Gasteiger charge is -2.31. The van der Waals surface area contributed by atoms with E-state index in [9.17, 15) is 18.0 Å². The van der Waals surface area contributed by atoms with E-state index in [0.717, 1.165) is 58.3 Å². The van der Waals surface area contributed by atoms with Crippen molar-refractivity contribution >= 4 is 12.0 Å². The van der Waals surface area contributed by atoms with Crippen molar-refractivity contribution in [2.45, 2.75) is 32.4 Å². The number of hydrogen-bond acceptors (Lipinski definition) is 4. The molecule has 0 aromatic heterocycles. The van der Waals surface area contributed by atoms with E-state index in [4.69, 9.17) is 14.6 Å². The minimum Gasteiger partial charge on any atom is -0.475 e. The van der Waals surface area contributed by atoms with Crippen molar-refractivity contribution in [2.24, 2.45) is 17.3 Å². The number of carbonyl (C=O) groups is 2. The van der Waals surface area contributed by atoms with Gasteiger partial charge in [-0.05, 0) is 31.7 Å². The van der Waals surface area contributed by atoms with Gasteiger partial charge in [0, 0.05) is 58.2 Å². The first kappa shape index (κ1) is 23.7. The van der Waals surface area contributed by atoms with Crippen LogP contribution in [0.5, 0.6) is 0 Å². The number of likely N-dealkylation sites (tertiary alicyclic amines) is 2. The second-order valence-corrected chi connectivity index (χ2v) is 8.52. The number of carboxylic acid groups (broad SMARTS) is 1. The van der Waals surface area contributed by atoms with Gasteiger partial charge in [-0.1, -0.05) is 6.92 Å². The number of ether oxygens (including phenoxy) is 1. The summed E-state index contributed by atoms with van der Waals surface area (Å²) in [6.07, 6.45) is -1.26. The summed E-state index contributed by atoms with van der Waals surface area (Å²) < 4.78 is 37.8. The zero-order valence-electron chi connectivity index (χ0n) is 17.4. The fraction of sp³-hybridized carbons (Fsp3) is 0.895. The first-order chi connectivity index (χ1) is 13.5. The van der Waals surface area contributed by atoms with Crippen LogP contribution in [0.25, 0.3) is 0 Å². The van der Waals surface area contributed by atoms with Gasteiger partial charge >= 0.3 is 18.2 Å². The van der Waals surface area contributed by atoms with E-state index in [1.807, 2.05) is 19.0 Å². The Bertz CT molecular complexity index is 584. The highest BCUT2D eigenvalue weighted by Crippen LogP contribution is 2.44. The summed E-state index contributed by atoms with van der Waals surface area (Å²) >= 11 is 0. The van der Waals surface area contributed by atoms with E-state index in [1.165, 1.54) is 12.8 Å². The predicted molar refractivity (Wildman–Crippen MR) is 101 cm³/mol. The summed E-state index contributed by atoms with van der Waals surface area (Å²) in [4.78, 5) is 27.4. The molecule has 0 radical (unpaired) electrons. The Kier molecular flexibility index (Phi) is 7.78. The van der Waals surface area contributed by atoms with Gasteiger partial charge in [-0.15, -0.1) is 0 Å². The van der Waals surface area contributed by atoms with E-state index in [-0.39, 0.29) is 11.4 Å². The molecule has 2 aliphatic heterocycles. The largest absolute Gasteiger partial charge is 0.490 e. The molecule has 1 aliphatic carbocycles. The van der Waals surface area contributed by atoms with Crippen molar-refractivity contribution in [1.82, 2.24) is 14.7 Å². The summed E-state index contributed by atoms with van der Waals surface area (Å²) in [5, 5.41) is 7.12. The zero-order chi connectivity index (χ0) is 21.8. The maximum Gasteiger partial charge on any atom is 0.490 e. The summed E-state index contributed by atoms with van der Waals surface area (Å²) in [6.45, 7) is 9.20. The van der Waals surface area contributed by atoms with E-state index < -0.39 is 12.1 Å². The van der Waals surface area contributed by atoms with Crippen molar-refractivity contribution in [3.8, 4) is 0 Å². The predicted octanol–water partition coefficient (Wildman–Crippen LogP) is 2.37. The van der Waals surface area contributed by atoms with Crippen molar-refractivity contribution < 1.29 is 32.6 Å². The van der Waals surface area contributed by atoms with E-state index in [1.54, 1.807) is 4.90 Å². The molecule has 1 N–H and O–H groups in total. The maximum absolute atomic E-state index is 12.3. The quantitative estimate of drug-likeness (QED) is 0.735. The third-order valence-corrected chi connectivity index (χ3v) is 5.98. The van der Waals surface area contributed by atoms with Crippen LogP contribution in [-0.4, -0.2) is 98.0 Å². The maximum atomic E-state index is 12.3. The van der Waals surface area contributed by atoms with E-state index >= 15 is 0 Å². The van der Waals surface area contributed by atoms with Gasteiger partial charge in [-0.2, -0.15) is 13.2 Å². The molecule has 3 rings (SSSR count). The van der Waals surface area contributed by atoms with Crippen LogP contribution >= 0.6 is 0 Å². The number of nitrogens with zero attached hydrogens (tertiary/aromatic N) is 3. The van der Waals surface area contributed by atoms with Crippen molar-refractivity contribution in [2.75, 3.05) is 60.0 Å². The molecule has 2 amide bonds. The molecule has 7 nitrogen and oxygen atoms in total. The van der Waals surface area contributed by atoms with Crippen LogP contribution in [0.1, 0.15) is 26.2 Å². The fourth-order valence-electron chi connectivity index (χ4n) is 4.08. The molecule has 0 aromatic carbocycles. The molecule has 3 fully saturated rings. The van der Waals surface area contributed by atoms with Gasteiger partial charge in [0.1, 0.15) is 0 Å². The second-order valence-electron chi connectivity index (χ2n) is 8.52. The number of carboxylic acids is 1. The highest BCUT2D eigenvalue weighted by Gasteiger charge is 2.51. The average molecular weight is 423 g/mol. The molecule has 168 valence electrons. The van der Waals surface area contributed by atoms with Gasteiger partial charge in [-0.3, -0.25) is 0 Å². The molecule has 2 heterocycles. The minimum absolute atomic E-state index is 0.157. The molecule has 0 aromatic rings. The summed E-state index contributed by atoms with van der Waals surface area (Å²) in [5.41, 5.74) is 0.255. The van der Waals surface area contributed by atoms with Crippen LogP contribution in [0.4, 0.5) is 18.0 Å². The van der Waals surface area contributed by atoms with Gasteiger partial charge in [0.15, 0.2) is 0 Å². The highest BCUT2D eigenvalue weighted by molar-refractivity contribution is 5.74. The summed E-state index contributed by atoms with van der Waals surface area (Å²) in [7, 11) is 3.69. The Balaban J connectivity index is 0.000000370. The topological polar surface area (TPSA) is 73.3 Å².